The molecule has 2 nitrogen and oxygen atoms in total. The van der Waals surface area contributed by atoms with Crippen LogP contribution in [0, 0.1) is 24.4 Å². The number of ether oxygens (including phenoxy) is 2. The van der Waals surface area contributed by atoms with E-state index in [2.05, 4.69) is 0 Å². The van der Waals surface area contributed by atoms with E-state index >= 15 is 0 Å². The van der Waals surface area contributed by atoms with Gasteiger partial charge in [0.2, 0.25) is 5.82 Å². The fourth-order valence-electron chi connectivity index (χ4n) is 3.24. The van der Waals surface area contributed by atoms with E-state index in [4.69, 9.17) is 9.47 Å². The molecular weight excluding hydrogens is 353 g/mol. The molecule has 3 aromatic carbocycles. The summed E-state index contributed by atoms with van der Waals surface area (Å²) in [5.74, 6) is -3.05. The Morgan fingerprint density at radius 3 is 2.15 bits per heavy atom. The standard InChI is InChI=1S/C22H17F3O2/c1-3-26-17-10-15-14-8-9-16(27-11-13-6-4-12(2)5-7-13)20(23)18(14)19(15)22(25)21(17)24/h4-10H,3,11H2,1-2H3. The first-order chi connectivity index (χ1) is 13.0. The van der Waals surface area contributed by atoms with Gasteiger partial charge in [0, 0.05) is 11.1 Å². The topological polar surface area (TPSA) is 18.5 Å². The molecule has 0 radical (unpaired) electrons. The average molecular weight is 370 g/mol. The van der Waals surface area contributed by atoms with Gasteiger partial charge < -0.3 is 9.47 Å². The molecule has 0 unspecified atom stereocenters. The molecule has 0 saturated carbocycles. The van der Waals surface area contributed by atoms with Gasteiger partial charge in [-0.1, -0.05) is 29.8 Å². The molecule has 0 saturated heterocycles. The number of fused-ring (bicyclic) bond motifs is 4. The molecule has 0 fully saturated rings. The summed E-state index contributed by atoms with van der Waals surface area (Å²) in [7, 11) is 0. The maximum absolute atomic E-state index is 14.9. The number of benzene rings is 3. The van der Waals surface area contributed by atoms with Crippen molar-refractivity contribution in [3.8, 4) is 33.8 Å². The Morgan fingerprint density at radius 1 is 0.741 bits per heavy atom. The number of aryl methyl sites for hydroxylation is 1. The minimum absolute atomic E-state index is 0.00803. The van der Waals surface area contributed by atoms with E-state index in [0.717, 1.165) is 11.1 Å². The quantitative estimate of drug-likeness (QED) is 0.427. The Morgan fingerprint density at radius 2 is 1.44 bits per heavy atom. The van der Waals surface area contributed by atoms with Crippen LogP contribution in [0.2, 0.25) is 0 Å². The Bertz CT molecular complexity index is 1030. The average Bonchev–Trinajstić information content (AvgIpc) is 2.65. The van der Waals surface area contributed by atoms with E-state index in [-0.39, 0.29) is 35.8 Å². The third-order valence-electron chi connectivity index (χ3n) is 4.63. The number of hydrogen-bond donors (Lipinski definition) is 0. The van der Waals surface area contributed by atoms with Crippen LogP contribution in [-0.2, 0) is 6.61 Å². The lowest BCUT2D eigenvalue weighted by molar-refractivity contribution is 0.290. The van der Waals surface area contributed by atoms with E-state index in [9.17, 15) is 13.2 Å². The second-order valence-corrected chi connectivity index (χ2v) is 6.43. The van der Waals surface area contributed by atoms with Gasteiger partial charge in [0.05, 0.1) is 6.61 Å². The SMILES string of the molecule is CCOc1cc2c(c(F)c1F)-c1c-2ccc(OCc2ccc(C)cc2)c1F. The van der Waals surface area contributed by atoms with Crippen molar-refractivity contribution in [1.29, 1.82) is 0 Å². The fraction of sp³-hybridized carbons (Fsp3) is 0.182. The molecule has 4 rings (SSSR count). The monoisotopic (exact) mass is 370 g/mol. The minimum atomic E-state index is -1.10. The lowest BCUT2D eigenvalue weighted by Gasteiger charge is -2.27. The maximum Gasteiger partial charge on any atom is 0.201 e. The van der Waals surface area contributed by atoms with Crippen molar-refractivity contribution < 1.29 is 22.6 Å². The Kier molecular flexibility index (Phi) is 4.30. The third kappa shape index (κ3) is 2.83. The van der Waals surface area contributed by atoms with Crippen LogP contribution in [0.4, 0.5) is 13.2 Å². The van der Waals surface area contributed by atoms with Crippen molar-refractivity contribution in [2.75, 3.05) is 6.61 Å². The number of rotatable bonds is 5. The summed E-state index contributed by atoms with van der Waals surface area (Å²) in [5, 5.41) is 0. The van der Waals surface area contributed by atoms with Crippen LogP contribution >= 0.6 is 0 Å². The van der Waals surface area contributed by atoms with Crippen LogP contribution < -0.4 is 9.47 Å². The Balaban J connectivity index is 1.65. The molecule has 5 heteroatoms. The van der Waals surface area contributed by atoms with Crippen molar-refractivity contribution in [1.82, 2.24) is 0 Å². The maximum atomic E-state index is 14.9. The van der Waals surface area contributed by atoms with Gasteiger partial charge in [0.25, 0.3) is 0 Å². The first-order valence-corrected chi connectivity index (χ1v) is 8.67. The summed E-state index contributed by atoms with van der Waals surface area (Å²) in [6.45, 7) is 4.05. The molecule has 3 aromatic rings. The van der Waals surface area contributed by atoms with Crippen LogP contribution in [0.1, 0.15) is 18.1 Å². The largest absolute Gasteiger partial charge is 0.491 e. The van der Waals surface area contributed by atoms with Gasteiger partial charge in [0.1, 0.15) is 6.61 Å². The van der Waals surface area contributed by atoms with Gasteiger partial charge in [-0.25, -0.2) is 8.78 Å². The van der Waals surface area contributed by atoms with Gasteiger partial charge in [-0.05, 0) is 48.7 Å². The molecule has 0 atom stereocenters. The lowest BCUT2D eigenvalue weighted by atomic mass is 9.79. The van der Waals surface area contributed by atoms with E-state index in [1.807, 2.05) is 31.2 Å². The molecule has 0 amide bonds. The minimum Gasteiger partial charge on any atom is -0.491 e. The highest BCUT2D eigenvalue weighted by Crippen LogP contribution is 2.53. The lowest BCUT2D eigenvalue weighted by Crippen LogP contribution is -2.10. The fourth-order valence-corrected chi connectivity index (χ4v) is 3.24. The smallest absolute Gasteiger partial charge is 0.201 e. The van der Waals surface area contributed by atoms with Crippen LogP contribution in [-0.4, -0.2) is 6.61 Å². The van der Waals surface area contributed by atoms with Crippen LogP contribution in [0.5, 0.6) is 11.5 Å². The number of hydrogen-bond acceptors (Lipinski definition) is 2. The van der Waals surface area contributed by atoms with Gasteiger partial charge >= 0.3 is 0 Å². The molecule has 27 heavy (non-hydrogen) atoms. The summed E-state index contributed by atoms with van der Waals surface area (Å²) in [6.07, 6.45) is 0. The molecule has 0 heterocycles. The molecule has 0 spiro atoms. The van der Waals surface area contributed by atoms with Crippen molar-refractivity contribution in [3.63, 3.8) is 0 Å². The molecular formula is C22H17F3O2. The summed E-state index contributed by atoms with van der Waals surface area (Å²) in [5.41, 5.74) is 2.95. The molecule has 0 bridgehead atoms. The number of halogens is 3. The molecule has 0 aromatic heterocycles. The van der Waals surface area contributed by atoms with Crippen LogP contribution in [0.25, 0.3) is 22.3 Å². The van der Waals surface area contributed by atoms with E-state index in [1.165, 1.54) is 12.1 Å². The van der Waals surface area contributed by atoms with Crippen LogP contribution in [0.3, 0.4) is 0 Å². The molecule has 0 N–H and O–H groups in total. The van der Waals surface area contributed by atoms with E-state index < -0.39 is 17.5 Å². The van der Waals surface area contributed by atoms with Crippen LogP contribution in [0.15, 0.2) is 42.5 Å². The van der Waals surface area contributed by atoms with E-state index in [1.54, 1.807) is 13.0 Å². The zero-order valence-corrected chi connectivity index (χ0v) is 14.9. The summed E-state index contributed by atoms with van der Waals surface area (Å²) in [4.78, 5) is 0. The molecule has 138 valence electrons. The van der Waals surface area contributed by atoms with Crippen molar-refractivity contribution >= 4 is 0 Å². The first-order valence-electron chi connectivity index (χ1n) is 8.67. The van der Waals surface area contributed by atoms with Crippen molar-refractivity contribution in [3.05, 3.63) is 71.0 Å². The highest BCUT2D eigenvalue weighted by molar-refractivity contribution is 6.04. The summed E-state index contributed by atoms with van der Waals surface area (Å²) in [6, 6.07) is 12.2. The second kappa shape index (κ2) is 6.65. The zero-order chi connectivity index (χ0) is 19.1. The highest BCUT2D eigenvalue weighted by Gasteiger charge is 2.34. The van der Waals surface area contributed by atoms with Crippen molar-refractivity contribution in [2.45, 2.75) is 20.5 Å². The van der Waals surface area contributed by atoms with Gasteiger partial charge in [-0.3, -0.25) is 0 Å². The van der Waals surface area contributed by atoms with Gasteiger partial charge in [-0.2, -0.15) is 4.39 Å². The summed E-state index contributed by atoms with van der Waals surface area (Å²) < 4.78 is 54.1. The summed E-state index contributed by atoms with van der Waals surface area (Å²) >= 11 is 0. The van der Waals surface area contributed by atoms with Gasteiger partial charge in [0.15, 0.2) is 23.1 Å². The normalized spacial score (nSPS) is 11.4. The molecule has 0 aliphatic heterocycles. The molecule has 1 aliphatic carbocycles. The van der Waals surface area contributed by atoms with Crippen molar-refractivity contribution in [2.24, 2.45) is 0 Å². The highest BCUT2D eigenvalue weighted by atomic mass is 19.2. The Hall–Kier alpha value is -2.95. The molecule has 1 aliphatic rings. The van der Waals surface area contributed by atoms with E-state index in [0.29, 0.717) is 11.1 Å². The third-order valence-corrected chi connectivity index (χ3v) is 4.63. The Labute approximate surface area is 155 Å². The first kappa shape index (κ1) is 17.5. The predicted molar refractivity (Wildman–Crippen MR) is 97.4 cm³/mol. The zero-order valence-electron chi connectivity index (χ0n) is 14.9. The van der Waals surface area contributed by atoms with Gasteiger partial charge in [-0.15, -0.1) is 0 Å². The predicted octanol–water partition coefficient (Wildman–Crippen LogP) is 6.04. The second-order valence-electron chi connectivity index (χ2n) is 6.43.